The van der Waals surface area contributed by atoms with E-state index in [4.69, 9.17) is 4.52 Å². The maximum absolute atomic E-state index is 9.20. The Hall–Kier alpha value is -2.42. The number of rotatable bonds is 3. The summed E-state index contributed by atoms with van der Waals surface area (Å²) in [7, 11) is 0. The van der Waals surface area contributed by atoms with Crippen LogP contribution >= 0.6 is 0 Å². The Morgan fingerprint density at radius 3 is 2.88 bits per heavy atom. The smallest absolute Gasteiger partial charge is 0.188 e. The minimum absolute atomic E-state index is 0.192. The Labute approximate surface area is 98.3 Å². The summed E-state index contributed by atoms with van der Waals surface area (Å²) in [5.74, 6) is 0.993. The minimum atomic E-state index is 0.192. The van der Waals surface area contributed by atoms with E-state index in [-0.39, 0.29) is 6.04 Å². The Balaban J connectivity index is 2.51. The molecule has 0 radical (unpaired) electrons. The molecule has 17 heavy (non-hydrogen) atoms. The molecule has 6 nitrogen and oxygen atoms in total. The van der Waals surface area contributed by atoms with Crippen molar-refractivity contribution in [3.8, 4) is 17.4 Å². The van der Waals surface area contributed by atoms with Crippen molar-refractivity contribution in [1.82, 2.24) is 15.4 Å². The van der Waals surface area contributed by atoms with E-state index in [0.29, 0.717) is 22.7 Å². The first kappa shape index (κ1) is 11.1. The highest BCUT2D eigenvalue weighted by Crippen LogP contribution is 2.26. The van der Waals surface area contributed by atoms with Crippen LogP contribution in [0, 0.1) is 11.3 Å². The molecule has 0 unspecified atom stereocenters. The van der Waals surface area contributed by atoms with Gasteiger partial charge in [0, 0.05) is 23.1 Å². The van der Waals surface area contributed by atoms with Gasteiger partial charge < -0.3 is 9.84 Å². The van der Waals surface area contributed by atoms with Crippen molar-refractivity contribution in [3.63, 3.8) is 0 Å². The van der Waals surface area contributed by atoms with Crippen molar-refractivity contribution in [2.24, 2.45) is 0 Å². The van der Waals surface area contributed by atoms with Crippen LogP contribution < -0.4 is 5.32 Å². The van der Waals surface area contributed by atoms with E-state index >= 15 is 0 Å². The van der Waals surface area contributed by atoms with Crippen LogP contribution in [0.15, 0.2) is 23.0 Å². The largest absolute Gasteiger partial charge is 0.367 e. The van der Waals surface area contributed by atoms with Crippen LogP contribution in [0.25, 0.3) is 11.3 Å². The highest BCUT2D eigenvalue weighted by molar-refractivity contribution is 5.72. The van der Waals surface area contributed by atoms with Gasteiger partial charge in [0.1, 0.15) is 17.5 Å². The molecular formula is C11H11N5O. The number of anilines is 1. The molecule has 0 bridgehead atoms. The van der Waals surface area contributed by atoms with Crippen LogP contribution in [0.5, 0.6) is 0 Å². The van der Waals surface area contributed by atoms with Crippen molar-refractivity contribution < 1.29 is 4.52 Å². The lowest BCUT2D eigenvalue weighted by molar-refractivity contribution is 0.403. The summed E-state index contributed by atoms with van der Waals surface area (Å²) in [4.78, 5) is 4.14. The zero-order valence-electron chi connectivity index (χ0n) is 9.51. The van der Waals surface area contributed by atoms with E-state index in [1.807, 2.05) is 13.8 Å². The van der Waals surface area contributed by atoms with E-state index in [0.717, 1.165) is 0 Å². The van der Waals surface area contributed by atoms with Crippen LogP contribution in [-0.2, 0) is 0 Å². The number of nitrogens with zero attached hydrogens (tertiary/aromatic N) is 4. The molecule has 6 heteroatoms. The SMILES string of the molecule is CC(C)Nc1nccc(-c2cnno2)c1C#N. The van der Waals surface area contributed by atoms with Gasteiger partial charge in [-0.05, 0) is 19.9 Å². The van der Waals surface area contributed by atoms with Gasteiger partial charge in [-0.25, -0.2) is 4.98 Å². The molecule has 0 aliphatic rings. The van der Waals surface area contributed by atoms with Gasteiger partial charge in [-0.15, -0.1) is 5.10 Å². The first-order chi connectivity index (χ1) is 8.22. The zero-order valence-corrected chi connectivity index (χ0v) is 9.51. The van der Waals surface area contributed by atoms with Gasteiger partial charge in [0.15, 0.2) is 5.76 Å². The third-order valence-electron chi connectivity index (χ3n) is 2.11. The molecular weight excluding hydrogens is 218 g/mol. The predicted octanol–water partition coefficient (Wildman–Crippen LogP) is 1.82. The molecule has 2 heterocycles. The third-order valence-corrected chi connectivity index (χ3v) is 2.11. The van der Waals surface area contributed by atoms with Crippen LogP contribution in [-0.4, -0.2) is 21.4 Å². The number of pyridine rings is 1. The molecule has 0 saturated carbocycles. The van der Waals surface area contributed by atoms with Crippen molar-refractivity contribution >= 4 is 5.82 Å². The average Bonchev–Trinajstić information content (AvgIpc) is 2.81. The van der Waals surface area contributed by atoms with E-state index in [9.17, 15) is 5.26 Å². The Bertz CT molecular complexity index is 541. The second-order valence-corrected chi connectivity index (χ2v) is 3.77. The van der Waals surface area contributed by atoms with E-state index in [1.165, 1.54) is 6.20 Å². The summed E-state index contributed by atoms with van der Waals surface area (Å²) in [6.07, 6.45) is 3.08. The second-order valence-electron chi connectivity index (χ2n) is 3.77. The predicted molar refractivity (Wildman–Crippen MR) is 61.0 cm³/mol. The minimum Gasteiger partial charge on any atom is -0.367 e. The first-order valence-electron chi connectivity index (χ1n) is 5.15. The monoisotopic (exact) mass is 229 g/mol. The summed E-state index contributed by atoms with van der Waals surface area (Å²) in [5, 5.41) is 19.3. The van der Waals surface area contributed by atoms with E-state index in [1.54, 1.807) is 12.3 Å². The molecule has 0 aromatic carbocycles. The molecule has 0 atom stereocenters. The van der Waals surface area contributed by atoms with Gasteiger partial charge in [0.05, 0.1) is 6.20 Å². The fraction of sp³-hybridized carbons (Fsp3) is 0.273. The summed E-state index contributed by atoms with van der Waals surface area (Å²) < 4.78 is 4.95. The van der Waals surface area contributed by atoms with Crippen molar-refractivity contribution in [2.75, 3.05) is 5.32 Å². The standard InChI is InChI=1S/C11H11N5O/c1-7(2)15-11-9(5-12)8(3-4-13-11)10-6-14-16-17-10/h3-4,6-7H,1-2H3,(H,13,15). The second kappa shape index (κ2) is 4.61. The van der Waals surface area contributed by atoms with Gasteiger partial charge in [-0.3, -0.25) is 0 Å². The van der Waals surface area contributed by atoms with Gasteiger partial charge in [0.2, 0.25) is 0 Å². The molecule has 0 amide bonds. The number of hydrogen-bond donors (Lipinski definition) is 1. The van der Waals surface area contributed by atoms with Gasteiger partial charge >= 0.3 is 0 Å². The van der Waals surface area contributed by atoms with Gasteiger partial charge in [0.25, 0.3) is 0 Å². The van der Waals surface area contributed by atoms with Crippen LogP contribution in [0.2, 0.25) is 0 Å². The lowest BCUT2D eigenvalue weighted by atomic mass is 10.1. The quantitative estimate of drug-likeness (QED) is 0.863. The number of aromatic nitrogens is 3. The highest BCUT2D eigenvalue weighted by atomic mass is 16.5. The molecule has 0 spiro atoms. The fourth-order valence-electron chi connectivity index (χ4n) is 1.45. The molecule has 0 aliphatic heterocycles. The molecule has 86 valence electrons. The molecule has 2 aromatic heterocycles. The Morgan fingerprint density at radius 2 is 2.29 bits per heavy atom. The van der Waals surface area contributed by atoms with Crippen molar-refractivity contribution in [2.45, 2.75) is 19.9 Å². The number of nitriles is 1. The molecule has 2 aromatic rings. The summed E-state index contributed by atoms with van der Waals surface area (Å²) >= 11 is 0. The lowest BCUT2D eigenvalue weighted by Crippen LogP contribution is -2.12. The molecule has 0 aliphatic carbocycles. The van der Waals surface area contributed by atoms with Crippen LogP contribution in [0.1, 0.15) is 19.4 Å². The molecule has 0 fully saturated rings. The highest BCUT2D eigenvalue weighted by Gasteiger charge is 2.14. The number of hydrogen-bond acceptors (Lipinski definition) is 6. The maximum atomic E-state index is 9.20. The topological polar surface area (TPSA) is 87.6 Å². The van der Waals surface area contributed by atoms with Crippen LogP contribution in [0.3, 0.4) is 0 Å². The van der Waals surface area contributed by atoms with E-state index < -0.39 is 0 Å². The van der Waals surface area contributed by atoms with Gasteiger partial charge in [-0.2, -0.15) is 5.26 Å². The van der Waals surface area contributed by atoms with Crippen molar-refractivity contribution in [3.05, 3.63) is 24.0 Å². The third kappa shape index (κ3) is 2.23. The fourth-order valence-corrected chi connectivity index (χ4v) is 1.45. The molecule has 2 rings (SSSR count). The molecule has 1 N–H and O–H groups in total. The Morgan fingerprint density at radius 1 is 1.47 bits per heavy atom. The molecule has 0 saturated heterocycles. The van der Waals surface area contributed by atoms with Crippen molar-refractivity contribution in [1.29, 1.82) is 5.26 Å². The summed E-state index contributed by atoms with van der Waals surface area (Å²) in [5.41, 5.74) is 1.07. The maximum Gasteiger partial charge on any atom is 0.188 e. The van der Waals surface area contributed by atoms with Crippen LogP contribution in [0.4, 0.5) is 5.82 Å². The Kier molecular flexibility index (Phi) is 3.01. The van der Waals surface area contributed by atoms with Gasteiger partial charge in [-0.1, -0.05) is 0 Å². The average molecular weight is 229 g/mol. The summed E-state index contributed by atoms with van der Waals surface area (Å²) in [6.45, 7) is 3.96. The normalized spacial score (nSPS) is 10.2. The first-order valence-corrected chi connectivity index (χ1v) is 5.15. The summed E-state index contributed by atoms with van der Waals surface area (Å²) in [6, 6.07) is 4.01. The lowest BCUT2D eigenvalue weighted by Gasteiger charge is -2.11. The van der Waals surface area contributed by atoms with E-state index in [2.05, 4.69) is 26.7 Å². The zero-order chi connectivity index (χ0) is 12.3. The number of nitrogens with one attached hydrogen (secondary N) is 1.